The molecule has 0 saturated heterocycles. The number of hydrogen-bond donors (Lipinski definition) is 2. The molecule has 3 aromatic heterocycles. The van der Waals surface area contributed by atoms with Gasteiger partial charge in [0, 0.05) is 24.9 Å². The normalized spacial score (nSPS) is 19.5. The Morgan fingerprint density at radius 2 is 2.18 bits per heavy atom. The molecule has 1 aliphatic carbocycles. The lowest BCUT2D eigenvalue weighted by atomic mass is 10.1. The van der Waals surface area contributed by atoms with Crippen LogP contribution in [0, 0.1) is 12.8 Å². The van der Waals surface area contributed by atoms with Crippen molar-refractivity contribution in [3.05, 3.63) is 30.3 Å². The number of hydrogen-bond acceptors (Lipinski definition) is 8. The number of carbonyl (C=O) groups is 1. The fourth-order valence-electron chi connectivity index (χ4n) is 3.69. The van der Waals surface area contributed by atoms with Crippen LogP contribution in [0.1, 0.15) is 25.2 Å². The molecule has 28 heavy (non-hydrogen) atoms. The first-order valence-corrected chi connectivity index (χ1v) is 9.09. The molecule has 2 atom stereocenters. The average Bonchev–Trinajstić information content (AvgIpc) is 3.38. The van der Waals surface area contributed by atoms with Crippen LogP contribution >= 0.6 is 0 Å². The number of oxazole rings is 1. The van der Waals surface area contributed by atoms with E-state index >= 15 is 0 Å². The SMILES string of the molecule is Cc1nc2ccc(-n3nnc4cnc(N[C@@H]5CC[C@H](C(N)=O)C5)nc43)cc2o1. The zero-order valence-electron chi connectivity index (χ0n) is 15.2. The minimum absolute atomic E-state index is 0.0921. The molecule has 142 valence electrons. The quantitative estimate of drug-likeness (QED) is 0.547. The van der Waals surface area contributed by atoms with Crippen molar-refractivity contribution in [1.29, 1.82) is 0 Å². The van der Waals surface area contributed by atoms with E-state index < -0.39 is 0 Å². The summed E-state index contributed by atoms with van der Waals surface area (Å²) >= 11 is 0. The second kappa shape index (κ2) is 6.25. The molecule has 1 aromatic carbocycles. The molecule has 0 radical (unpaired) electrons. The third-order valence-electron chi connectivity index (χ3n) is 5.08. The van der Waals surface area contributed by atoms with Gasteiger partial charge in [-0.15, -0.1) is 5.10 Å². The predicted octanol–water partition coefficient (Wildman–Crippen LogP) is 1.73. The molecular formula is C18H18N8O2. The van der Waals surface area contributed by atoms with E-state index in [1.165, 1.54) is 0 Å². The van der Waals surface area contributed by atoms with Gasteiger partial charge < -0.3 is 15.5 Å². The van der Waals surface area contributed by atoms with Crippen LogP contribution in [0.4, 0.5) is 5.95 Å². The van der Waals surface area contributed by atoms with Crippen LogP contribution in [-0.2, 0) is 4.79 Å². The Balaban J connectivity index is 1.47. The summed E-state index contributed by atoms with van der Waals surface area (Å²) in [7, 11) is 0. The van der Waals surface area contributed by atoms with E-state index in [2.05, 4.69) is 30.6 Å². The maximum atomic E-state index is 11.4. The molecule has 0 bridgehead atoms. The number of nitrogens with one attached hydrogen (secondary N) is 1. The van der Waals surface area contributed by atoms with Crippen LogP contribution in [0.5, 0.6) is 0 Å². The minimum atomic E-state index is -0.249. The smallest absolute Gasteiger partial charge is 0.225 e. The van der Waals surface area contributed by atoms with E-state index in [1.54, 1.807) is 10.9 Å². The minimum Gasteiger partial charge on any atom is -0.441 e. The Morgan fingerprint density at radius 1 is 1.29 bits per heavy atom. The number of nitrogens with zero attached hydrogens (tertiary/aromatic N) is 6. The Kier molecular flexibility index (Phi) is 3.71. The van der Waals surface area contributed by atoms with Crippen LogP contribution < -0.4 is 11.1 Å². The van der Waals surface area contributed by atoms with E-state index in [0.717, 1.165) is 24.0 Å². The zero-order chi connectivity index (χ0) is 19.3. The number of primary amides is 1. The second-order valence-corrected chi connectivity index (χ2v) is 7.04. The fourth-order valence-corrected chi connectivity index (χ4v) is 3.69. The van der Waals surface area contributed by atoms with Crippen molar-refractivity contribution in [2.75, 3.05) is 5.32 Å². The van der Waals surface area contributed by atoms with E-state index in [4.69, 9.17) is 10.2 Å². The number of carbonyl (C=O) groups excluding carboxylic acids is 1. The zero-order valence-corrected chi connectivity index (χ0v) is 15.2. The number of aryl methyl sites for hydroxylation is 1. The maximum absolute atomic E-state index is 11.4. The van der Waals surface area contributed by atoms with Gasteiger partial charge in [0.15, 0.2) is 22.6 Å². The van der Waals surface area contributed by atoms with E-state index in [0.29, 0.717) is 35.0 Å². The van der Waals surface area contributed by atoms with Gasteiger partial charge in [-0.2, -0.15) is 9.67 Å². The third-order valence-corrected chi connectivity index (χ3v) is 5.08. The highest BCUT2D eigenvalue weighted by molar-refractivity contribution is 5.78. The van der Waals surface area contributed by atoms with Crippen LogP contribution in [-0.4, -0.2) is 41.9 Å². The molecule has 10 heteroatoms. The Labute approximate surface area is 159 Å². The summed E-state index contributed by atoms with van der Waals surface area (Å²) in [5.41, 5.74) is 8.80. The van der Waals surface area contributed by atoms with Crippen molar-refractivity contribution in [1.82, 2.24) is 29.9 Å². The number of amides is 1. The third kappa shape index (κ3) is 2.82. The van der Waals surface area contributed by atoms with Gasteiger partial charge in [0.05, 0.1) is 11.9 Å². The first-order valence-electron chi connectivity index (χ1n) is 9.09. The number of nitrogens with two attached hydrogens (primary N) is 1. The molecule has 4 aromatic rings. The molecule has 3 N–H and O–H groups in total. The standard InChI is InChI=1S/C18H18N8O2/c1-9-21-13-5-4-12(7-15(13)28-9)26-17-14(24-25-26)8-20-18(23-17)22-11-3-2-10(6-11)16(19)27/h4-5,7-8,10-11H,2-3,6H2,1H3,(H2,19,27)(H,20,22,23)/t10-,11+/m0/s1. The van der Waals surface area contributed by atoms with Crippen molar-refractivity contribution in [3.63, 3.8) is 0 Å². The van der Waals surface area contributed by atoms with Crippen LogP contribution in [0.3, 0.4) is 0 Å². The van der Waals surface area contributed by atoms with Crippen molar-refractivity contribution >= 4 is 34.1 Å². The number of fused-ring (bicyclic) bond motifs is 2. The van der Waals surface area contributed by atoms with Gasteiger partial charge in [-0.1, -0.05) is 5.21 Å². The van der Waals surface area contributed by atoms with Crippen molar-refractivity contribution in [2.45, 2.75) is 32.2 Å². The lowest BCUT2D eigenvalue weighted by Crippen LogP contribution is -2.23. The summed E-state index contributed by atoms with van der Waals surface area (Å²) < 4.78 is 7.24. The molecule has 1 fully saturated rings. The topological polar surface area (TPSA) is 138 Å². The van der Waals surface area contributed by atoms with E-state index in [1.807, 2.05) is 25.1 Å². The lowest BCUT2D eigenvalue weighted by molar-refractivity contribution is -0.121. The summed E-state index contributed by atoms with van der Waals surface area (Å²) in [5, 5.41) is 11.6. The summed E-state index contributed by atoms with van der Waals surface area (Å²) in [6.45, 7) is 1.81. The Morgan fingerprint density at radius 3 is 3.00 bits per heavy atom. The van der Waals surface area contributed by atoms with Crippen LogP contribution in [0.15, 0.2) is 28.8 Å². The lowest BCUT2D eigenvalue weighted by Gasteiger charge is -2.12. The van der Waals surface area contributed by atoms with Crippen molar-refractivity contribution < 1.29 is 9.21 Å². The first kappa shape index (κ1) is 16.6. The van der Waals surface area contributed by atoms with Gasteiger partial charge in [0.25, 0.3) is 0 Å². The van der Waals surface area contributed by atoms with E-state index in [9.17, 15) is 4.79 Å². The molecule has 1 saturated carbocycles. The number of rotatable bonds is 4. The molecule has 0 aliphatic heterocycles. The van der Waals surface area contributed by atoms with Gasteiger partial charge in [-0.05, 0) is 31.4 Å². The highest BCUT2D eigenvalue weighted by atomic mass is 16.3. The Bertz CT molecular complexity index is 1200. The number of aromatic nitrogens is 6. The van der Waals surface area contributed by atoms with Crippen molar-refractivity contribution in [3.8, 4) is 5.69 Å². The van der Waals surface area contributed by atoms with Gasteiger partial charge in [-0.3, -0.25) is 4.79 Å². The molecular weight excluding hydrogens is 360 g/mol. The molecule has 5 rings (SSSR count). The molecule has 0 spiro atoms. The summed E-state index contributed by atoms with van der Waals surface area (Å²) in [6, 6.07) is 5.74. The van der Waals surface area contributed by atoms with Crippen LogP contribution in [0.25, 0.3) is 28.0 Å². The predicted molar refractivity (Wildman–Crippen MR) is 101 cm³/mol. The molecule has 1 aliphatic rings. The van der Waals surface area contributed by atoms with Gasteiger partial charge in [-0.25, -0.2) is 9.97 Å². The monoisotopic (exact) mass is 378 g/mol. The van der Waals surface area contributed by atoms with Gasteiger partial charge in [0.1, 0.15) is 5.52 Å². The number of anilines is 1. The summed E-state index contributed by atoms with van der Waals surface area (Å²) in [6.07, 6.45) is 3.96. The number of benzene rings is 1. The summed E-state index contributed by atoms with van der Waals surface area (Å²) in [5.74, 6) is 0.740. The Hall–Kier alpha value is -3.56. The van der Waals surface area contributed by atoms with Gasteiger partial charge >= 0.3 is 0 Å². The highest BCUT2D eigenvalue weighted by Gasteiger charge is 2.28. The average molecular weight is 378 g/mol. The molecule has 10 nitrogen and oxygen atoms in total. The van der Waals surface area contributed by atoms with E-state index in [-0.39, 0.29) is 17.9 Å². The molecule has 1 amide bonds. The van der Waals surface area contributed by atoms with Crippen molar-refractivity contribution in [2.24, 2.45) is 11.7 Å². The van der Waals surface area contributed by atoms with Crippen LogP contribution in [0.2, 0.25) is 0 Å². The summed E-state index contributed by atoms with van der Waals surface area (Å²) in [4.78, 5) is 24.6. The molecule has 0 unspecified atom stereocenters. The fraction of sp³-hybridized carbons (Fsp3) is 0.333. The highest BCUT2D eigenvalue weighted by Crippen LogP contribution is 2.27. The first-order chi connectivity index (χ1) is 13.6. The second-order valence-electron chi connectivity index (χ2n) is 7.04. The maximum Gasteiger partial charge on any atom is 0.225 e. The molecule has 3 heterocycles. The van der Waals surface area contributed by atoms with Gasteiger partial charge in [0.2, 0.25) is 11.9 Å². The largest absolute Gasteiger partial charge is 0.441 e.